The first-order chi connectivity index (χ1) is 16.3. The van der Waals surface area contributed by atoms with Gasteiger partial charge >= 0.3 is 0 Å². The molecule has 34 heavy (non-hydrogen) atoms. The molecule has 176 valence electrons. The predicted molar refractivity (Wildman–Crippen MR) is 135 cm³/mol. The molecule has 1 amide bonds. The van der Waals surface area contributed by atoms with Crippen molar-refractivity contribution >= 4 is 33.8 Å². The van der Waals surface area contributed by atoms with E-state index in [0.717, 1.165) is 23.7 Å². The molecule has 0 saturated carbocycles. The summed E-state index contributed by atoms with van der Waals surface area (Å²) in [5, 5.41) is 11.8. The van der Waals surface area contributed by atoms with E-state index in [1.807, 2.05) is 61.4 Å². The molecule has 4 aromatic rings. The largest absolute Gasteiger partial charge is 0.368 e. The second kappa shape index (κ2) is 8.72. The van der Waals surface area contributed by atoms with Crippen LogP contribution in [0.4, 0.5) is 5.69 Å². The Balaban J connectivity index is 1.44. The van der Waals surface area contributed by atoms with Crippen LogP contribution in [0.1, 0.15) is 20.8 Å². The highest BCUT2D eigenvalue weighted by Crippen LogP contribution is 2.30. The Morgan fingerprint density at radius 2 is 1.76 bits per heavy atom. The van der Waals surface area contributed by atoms with Crippen molar-refractivity contribution in [2.45, 2.75) is 32.9 Å². The van der Waals surface area contributed by atoms with Gasteiger partial charge in [0, 0.05) is 31.9 Å². The number of rotatable bonds is 4. The summed E-state index contributed by atoms with van der Waals surface area (Å²) in [6.45, 7) is 8.67. The first-order valence-corrected chi connectivity index (χ1v) is 12.3. The van der Waals surface area contributed by atoms with Gasteiger partial charge in [-0.15, -0.1) is 11.3 Å². The van der Waals surface area contributed by atoms with E-state index in [9.17, 15) is 9.59 Å². The molecule has 3 aromatic heterocycles. The van der Waals surface area contributed by atoms with Gasteiger partial charge in [0.05, 0.1) is 22.0 Å². The summed E-state index contributed by atoms with van der Waals surface area (Å²) in [5.74, 6) is -0.0967. The number of hydrogen-bond donors (Lipinski definition) is 0. The molecule has 1 aliphatic rings. The lowest BCUT2D eigenvalue weighted by atomic mass is 10.1. The summed E-state index contributed by atoms with van der Waals surface area (Å²) in [6.07, 6.45) is 1.71. The number of benzene rings is 1. The van der Waals surface area contributed by atoms with Gasteiger partial charge in [0.2, 0.25) is 5.91 Å². The predicted octanol–water partition coefficient (Wildman–Crippen LogP) is 3.43. The number of nitrogens with zero attached hydrogens (tertiary/aromatic N) is 6. The zero-order chi connectivity index (χ0) is 23.9. The van der Waals surface area contributed by atoms with Crippen LogP contribution in [0.3, 0.4) is 0 Å². The van der Waals surface area contributed by atoms with Gasteiger partial charge in [-0.25, -0.2) is 4.68 Å². The van der Waals surface area contributed by atoms with Crippen LogP contribution in [0.25, 0.3) is 21.5 Å². The average molecular weight is 477 g/mol. The summed E-state index contributed by atoms with van der Waals surface area (Å²) < 4.78 is 3.05. The minimum Gasteiger partial charge on any atom is -0.368 e. The first kappa shape index (κ1) is 22.3. The van der Waals surface area contributed by atoms with Crippen LogP contribution in [0.2, 0.25) is 0 Å². The molecule has 8 nitrogen and oxygen atoms in total. The Bertz CT molecular complexity index is 1360. The highest BCUT2D eigenvalue weighted by Gasteiger charge is 2.26. The maximum Gasteiger partial charge on any atom is 0.293 e. The molecular formula is C25H28N6O2S. The smallest absolute Gasteiger partial charge is 0.293 e. The Hall–Kier alpha value is -3.46. The number of thiophene rings is 1. The third-order valence-corrected chi connectivity index (χ3v) is 6.99. The van der Waals surface area contributed by atoms with Crippen molar-refractivity contribution in [2.24, 2.45) is 0 Å². The number of aromatic nitrogens is 4. The summed E-state index contributed by atoms with van der Waals surface area (Å²) in [6, 6.07) is 14.1. The van der Waals surface area contributed by atoms with Gasteiger partial charge in [-0.05, 0) is 44.4 Å². The molecule has 1 fully saturated rings. The molecule has 1 aliphatic heterocycles. The molecule has 5 rings (SSSR count). The van der Waals surface area contributed by atoms with Gasteiger partial charge in [0.15, 0.2) is 0 Å². The van der Waals surface area contributed by atoms with E-state index in [2.05, 4.69) is 27.2 Å². The Labute approximate surface area is 202 Å². The lowest BCUT2D eigenvalue weighted by molar-refractivity contribution is -0.132. The fourth-order valence-electron chi connectivity index (χ4n) is 4.36. The number of carbonyl (C=O) groups excluding carboxylic acids is 1. The molecule has 4 heterocycles. The minimum absolute atomic E-state index is 0.0895. The zero-order valence-corrected chi connectivity index (χ0v) is 20.5. The van der Waals surface area contributed by atoms with Crippen molar-refractivity contribution in [3.05, 3.63) is 64.4 Å². The third kappa shape index (κ3) is 4.11. The van der Waals surface area contributed by atoms with Crippen LogP contribution in [0.5, 0.6) is 0 Å². The van der Waals surface area contributed by atoms with Gasteiger partial charge in [0.1, 0.15) is 17.8 Å². The molecule has 0 atom stereocenters. The Morgan fingerprint density at radius 3 is 2.41 bits per heavy atom. The van der Waals surface area contributed by atoms with Gasteiger partial charge in [-0.2, -0.15) is 10.2 Å². The molecule has 0 N–H and O–H groups in total. The van der Waals surface area contributed by atoms with Crippen LogP contribution < -0.4 is 10.5 Å². The van der Waals surface area contributed by atoms with Crippen molar-refractivity contribution in [1.82, 2.24) is 24.5 Å². The third-order valence-electron chi connectivity index (χ3n) is 6.11. The topological polar surface area (TPSA) is 76.3 Å². The van der Waals surface area contributed by atoms with Crippen molar-refractivity contribution in [3.8, 4) is 10.6 Å². The second-order valence-electron chi connectivity index (χ2n) is 9.48. The van der Waals surface area contributed by atoms with Crippen molar-refractivity contribution in [1.29, 1.82) is 0 Å². The van der Waals surface area contributed by atoms with Crippen LogP contribution in [0.15, 0.2) is 58.8 Å². The minimum atomic E-state index is -0.384. The molecule has 1 saturated heterocycles. The van der Waals surface area contributed by atoms with Crippen LogP contribution in [-0.4, -0.2) is 56.5 Å². The van der Waals surface area contributed by atoms with Gasteiger partial charge < -0.3 is 9.80 Å². The van der Waals surface area contributed by atoms with Crippen molar-refractivity contribution < 1.29 is 4.79 Å². The maximum atomic E-state index is 13.5. The van der Waals surface area contributed by atoms with E-state index in [1.54, 1.807) is 22.2 Å². The highest BCUT2D eigenvalue weighted by atomic mass is 32.1. The van der Waals surface area contributed by atoms with E-state index in [4.69, 9.17) is 0 Å². The molecule has 0 spiro atoms. The number of carbonyl (C=O) groups is 1. The van der Waals surface area contributed by atoms with Gasteiger partial charge in [-0.1, -0.05) is 24.3 Å². The van der Waals surface area contributed by atoms with E-state index in [0.29, 0.717) is 29.7 Å². The molecule has 0 aliphatic carbocycles. The summed E-state index contributed by atoms with van der Waals surface area (Å²) in [4.78, 5) is 31.7. The lowest BCUT2D eigenvalue weighted by Crippen LogP contribution is -2.50. The van der Waals surface area contributed by atoms with Crippen molar-refractivity contribution in [2.75, 3.05) is 31.1 Å². The van der Waals surface area contributed by atoms with E-state index >= 15 is 0 Å². The first-order valence-electron chi connectivity index (χ1n) is 11.4. The normalized spacial score (nSPS) is 14.7. The maximum absolute atomic E-state index is 13.5. The van der Waals surface area contributed by atoms with Gasteiger partial charge in [0.25, 0.3) is 5.56 Å². The summed E-state index contributed by atoms with van der Waals surface area (Å²) in [7, 11) is 0. The standard InChI is InChI=1S/C25H28N6O2S/c1-25(2,3)31-23-19(16-26-31)22(20-10-7-15-34-20)27-30(24(23)33)17-21(32)29-13-11-28(12-14-29)18-8-5-4-6-9-18/h4-10,15-16H,11-14,17H2,1-3H3. The molecule has 9 heteroatoms. The Morgan fingerprint density at radius 1 is 1.03 bits per heavy atom. The fraction of sp³-hybridized carbons (Fsp3) is 0.360. The van der Waals surface area contributed by atoms with Crippen molar-refractivity contribution in [3.63, 3.8) is 0 Å². The molecule has 0 radical (unpaired) electrons. The van der Waals surface area contributed by atoms with Gasteiger partial charge in [-0.3, -0.25) is 14.3 Å². The van der Waals surface area contributed by atoms with Crippen LogP contribution in [0, 0.1) is 0 Å². The summed E-state index contributed by atoms with van der Waals surface area (Å²) in [5.41, 5.74) is 1.65. The summed E-state index contributed by atoms with van der Waals surface area (Å²) >= 11 is 1.55. The number of hydrogen-bond acceptors (Lipinski definition) is 6. The fourth-order valence-corrected chi connectivity index (χ4v) is 5.09. The molecule has 0 unspecified atom stereocenters. The monoisotopic (exact) mass is 476 g/mol. The molecule has 1 aromatic carbocycles. The molecular weight excluding hydrogens is 448 g/mol. The van der Waals surface area contributed by atoms with E-state index in [-0.39, 0.29) is 23.6 Å². The van der Waals surface area contributed by atoms with E-state index < -0.39 is 0 Å². The number of piperazine rings is 1. The number of anilines is 1. The zero-order valence-electron chi connectivity index (χ0n) is 19.6. The number of amides is 1. The number of para-hydroxylation sites is 1. The quantitative estimate of drug-likeness (QED) is 0.451. The second-order valence-corrected chi connectivity index (χ2v) is 10.4. The number of fused-ring (bicyclic) bond motifs is 1. The lowest BCUT2D eigenvalue weighted by Gasteiger charge is -2.36. The van der Waals surface area contributed by atoms with Crippen LogP contribution in [-0.2, 0) is 16.9 Å². The highest BCUT2D eigenvalue weighted by molar-refractivity contribution is 7.13. The SMILES string of the molecule is CC(C)(C)n1ncc2c(-c3cccs3)nn(CC(=O)N3CCN(c4ccccc4)CC3)c(=O)c21. The molecule has 0 bridgehead atoms. The Kier molecular flexibility index (Phi) is 5.73. The average Bonchev–Trinajstić information content (AvgIpc) is 3.52. The van der Waals surface area contributed by atoms with Crippen LogP contribution >= 0.6 is 11.3 Å². The van der Waals surface area contributed by atoms with E-state index in [1.165, 1.54) is 4.68 Å².